The number of morpholine rings is 1. The van der Waals surface area contributed by atoms with E-state index in [-0.39, 0.29) is 29.9 Å². The largest absolute Gasteiger partial charge is 0.504 e. The van der Waals surface area contributed by atoms with Gasteiger partial charge < -0.3 is 19.5 Å². The minimum absolute atomic E-state index is 0.0508. The van der Waals surface area contributed by atoms with Crippen molar-refractivity contribution in [1.29, 1.82) is 0 Å². The number of methoxy groups -OCH3 is 1. The van der Waals surface area contributed by atoms with E-state index in [4.69, 9.17) is 32.7 Å². The third-order valence-corrected chi connectivity index (χ3v) is 13.6. The first-order valence-corrected chi connectivity index (χ1v) is 20.9. The maximum Gasteiger partial charge on any atom is 0.417 e. The quantitative estimate of drug-likeness (QED) is 0.139. The number of aromatic hydroxyl groups is 1. The Morgan fingerprint density at radius 2 is 1.62 bits per heavy atom. The predicted molar refractivity (Wildman–Crippen MR) is 221 cm³/mol. The van der Waals surface area contributed by atoms with Crippen molar-refractivity contribution >= 4 is 80.0 Å². The minimum atomic E-state index is -4.77. The normalized spacial score (nSPS) is 26.2. The van der Waals surface area contributed by atoms with Gasteiger partial charge >= 0.3 is 6.18 Å². The van der Waals surface area contributed by atoms with Crippen LogP contribution < -0.4 is 20.0 Å². The van der Waals surface area contributed by atoms with Gasteiger partial charge in [0.2, 0.25) is 11.8 Å². The molecule has 3 saturated heterocycles. The third-order valence-electron chi connectivity index (χ3n) is 12.6. The molecule has 316 valence electrons. The lowest BCUT2D eigenvalue weighted by molar-refractivity contribution is -0.139. The van der Waals surface area contributed by atoms with E-state index in [1.54, 1.807) is 42.5 Å². The Balaban J connectivity index is 1.19. The van der Waals surface area contributed by atoms with Crippen LogP contribution in [0.2, 0.25) is 10.0 Å². The molecule has 5 aliphatic rings. The summed E-state index contributed by atoms with van der Waals surface area (Å²) in [5.74, 6) is -8.16. The lowest BCUT2D eigenvalue weighted by atomic mass is 9.49. The minimum Gasteiger partial charge on any atom is -0.504 e. The maximum atomic E-state index is 15.5. The van der Waals surface area contributed by atoms with E-state index in [1.165, 1.54) is 18.1 Å². The number of alkyl halides is 3. The summed E-state index contributed by atoms with van der Waals surface area (Å²) in [5.41, 5.74) is 1.97. The van der Waals surface area contributed by atoms with Crippen LogP contribution in [0.5, 0.6) is 11.5 Å². The lowest BCUT2D eigenvalue weighted by Gasteiger charge is -2.50. The number of fused-ring (bicyclic) bond motifs is 4. The lowest BCUT2D eigenvalue weighted by Crippen LogP contribution is -2.53. The molecule has 3 aliphatic heterocycles. The number of benzene rings is 3. The topological polar surface area (TPSA) is 142 Å². The molecule has 0 unspecified atom stereocenters. The molecule has 1 aromatic heterocycles. The molecule has 0 bridgehead atoms. The fourth-order valence-electron chi connectivity index (χ4n) is 9.99. The van der Waals surface area contributed by atoms with Crippen molar-refractivity contribution < 1.29 is 46.9 Å². The van der Waals surface area contributed by atoms with E-state index >= 15 is 9.59 Å². The number of allylic oxidation sites excluding steroid dienone is 2. The highest BCUT2D eigenvalue weighted by atomic mass is 79.9. The molecule has 9 rings (SSSR count). The van der Waals surface area contributed by atoms with Crippen LogP contribution in [0.3, 0.4) is 0 Å². The van der Waals surface area contributed by atoms with E-state index in [9.17, 15) is 27.9 Å². The number of hydrogen-bond donors (Lipinski definition) is 2. The maximum absolute atomic E-state index is 15.5. The number of phenolic OH excluding ortho intramolecular Hbond substituents is 1. The van der Waals surface area contributed by atoms with Crippen LogP contribution in [0.15, 0.2) is 89.0 Å². The number of halogens is 6. The zero-order valence-electron chi connectivity index (χ0n) is 32.1. The molecule has 3 aromatic carbocycles. The molecule has 4 amide bonds. The highest BCUT2D eigenvalue weighted by molar-refractivity contribution is 9.10. The molecule has 1 saturated carbocycles. The summed E-state index contributed by atoms with van der Waals surface area (Å²) in [4.78, 5) is 66.8. The summed E-state index contributed by atoms with van der Waals surface area (Å²) in [6.45, 7) is 2.56. The van der Waals surface area contributed by atoms with Gasteiger partial charge in [0, 0.05) is 46.0 Å². The number of rotatable bonds is 7. The van der Waals surface area contributed by atoms with Gasteiger partial charge in [0.05, 0.1) is 59.8 Å². The molecule has 0 radical (unpaired) electrons. The Morgan fingerprint density at radius 3 is 2.28 bits per heavy atom. The van der Waals surface area contributed by atoms with Gasteiger partial charge in [0.25, 0.3) is 11.8 Å². The van der Waals surface area contributed by atoms with Crippen molar-refractivity contribution in [1.82, 2.24) is 9.99 Å². The molecule has 2 N–H and O–H groups in total. The third kappa shape index (κ3) is 6.55. The van der Waals surface area contributed by atoms with Crippen LogP contribution in [0.1, 0.15) is 35.4 Å². The average Bonchev–Trinajstić information content (AvgIpc) is 3.63. The van der Waals surface area contributed by atoms with Gasteiger partial charge in [0.15, 0.2) is 17.3 Å². The molecule has 2 aliphatic carbocycles. The number of nitrogens with zero attached hydrogens (tertiary/aromatic N) is 4. The van der Waals surface area contributed by atoms with Crippen LogP contribution in [0.25, 0.3) is 0 Å². The summed E-state index contributed by atoms with van der Waals surface area (Å²) < 4.78 is 52.2. The highest BCUT2D eigenvalue weighted by Gasteiger charge is 2.71. The van der Waals surface area contributed by atoms with Crippen LogP contribution in [0.4, 0.5) is 30.4 Å². The van der Waals surface area contributed by atoms with Gasteiger partial charge in [-0.15, -0.1) is 0 Å². The molecule has 12 nitrogen and oxygen atoms in total. The molecule has 4 aromatic rings. The van der Waals surface area contributed by atoms with Crippen molar-refractivity contribution in [2.75, 3.05) is 48.6 Å². The monoisotopic (exact) mass is 939 g/mol. The number of pyridine rings is 1. The summed E-state index contributed by atoms with van der Waals surface area (Å²) >= 11 is 16.2. The van der Waals surface area contributed by atoms with Crippen LogP contribution in [0, 0.1) is 23.7 Å². The Morgan fingerprint density at radius 1 is 0.934 bits per heavy atom. The van der Waals surface area contributed by atoms with Crippen LogP contribution in [-0.4, -0.2) is 72.1 Å². The number of imide groups is 2. The molecule has 6 atom stereocenters. The summed E-state index contributed by atoms with van der Waals surface area (Å²) in [6.07, 6.45) is -2.40. The number of hydrogen-bond acceptors (Lipinski definition) is 10. The standard InChI is InChI=1S/C43H35BrCl2F3N5O7/c1-60-33-18-23(44)17-30(36(33)55)35-27-10-11-28-34(40(58)53(38(28)56)26-8-6-25(7-9-26)52-12-14-61-15-13-52)29(27)19-31-39(57)54(41(59)42(31,35)21-2-4-24(45)5-3-21)51-37-32(46)16-22(20-50-37)43(47,48)49/h2-10,16-18,20,28-29,31,34-35,55H,11-15,19H2,1H3,(H,50,51)/t28-,29+,31-,34-,35+,42+/m0/s1. The van der Waals surface area contributed by atoms with Crippen molar-refractivity contribution in [3.63, 3.8) is 0 Å². The van der Waals surface area contributed by atoms with Crippen LogP contribution in [-0.2, 0) is 35.5 Å². The second-order valence-electron chi connectivity index (χ2n) is 15.6. The number of carbonyl (C=O) groups excluding carboxylic acids is 4. The second-order valence-corrected chi connectivity index (χ2v) is 17.4. The zero-order valence-corrected chi connectivity index (χ0v) is 35.2. The fourth-order valence-corrected chi connectivity index (χ4v) is 10.8. The Kier molecular flexibility index (Phi) is 10.4. The zero-order chi connectivity index (χ0) is 43.1. The Bertz CT molecular complexity index is 2520. The van der Waals surface area contributed by atoms with Gasteiger partial charge in [-0.3, -0.25) is 29.5 Å². The SMILES string of the molecule is COc1cc(Br)cc([C@H]2C3=CC[C@@H]4C(=O)N(c5ccc(N6CCOCC6)cc5)C(=O)[C@@H]4[C@@H]3C[C@H]3C(=O)N(Nc4ncc(C(F)(F)F)cc4Cl)C(=O)[C@@]23c2ccc(Cl)cc2)c1O. The van der Waals surface area contributed by atoms with Crippen molar-refractivity contribution in [3.8, 4) is 11.5 Å². The van der Waals surface area contributed by atoms with Crippen molar-refractivity contribution in [2.45, 2.75) is 30.4 Å². The first kappa shape index (κ1) is 41.2. The summed E-state index contributed by atoms with van der Waals surface area (Å²) in [5, 5.41) is 12.5. The van der Waals surface area contributed by atoms with Crippen LogP contribution >= 0.6 is 39.1 Å². The molecule has 0 spiro atoms. The van der Waals surface area contributed by atoms with E-state index in [0.717, 1.165) is 5.69 Å². The van der Waals surface area contributed by atoms with E-state index in [2.05, 4.69) is 31.2 Å². The Hall–Kier alpha value is -5.16. The van der Waals surface area contributed by atoms with E-state index in [1.807, 2.05) is 18.2 Å². The molecule has 4 fully saturated rings. The van der Waals surface area contributed by atoms with Crippen molar-refractivity contribution in [2.24, 2.45) is 23.7 Å². The number of phenols is 1. The number of carbonyl (C=O) groups is 4. The molecular formula is C43H35BrCl2F3N5O7. The predicted octanol–water partition coefficient (Wildman–Crippen LogP) is 7.91. The van der Waals surface area contributed by atoms with Gasteiger partial charge in [0.1, 0.15) is 0 Å². The number of hydrazine groups is 1. The number of aromatic nitrogens is 1. The number of ether oxygens (including phenoxy) is 2. The highest BCUT2D eigenvalue weighted by Crippen LogP contribution is 2.65. The summed E-state index contributed by atoms with van der Waals surface area (Å²) in [6, 6.07) is 17.3. The molecular weight excluding hydrogens is 906 g/mol. The molecule has 4 heterocycles. The van der Waals surface area contributed by atoms with Gasteiger partial charge in [-0.1, -0.05) is 62.9 Å². The fraction of sp³-hybridized carbons (Fsp3) is 0.326. The Labute approximate surface area is 365 Å². The number of anilines is 3. The number of nitrogens with one attached hydrogen (secondary N) is 1. The van der Waals surface area contributed by atoms with Gasteiger partial charge in [-0.25, -0.2) is 4.98 Å². The second kappa shape index (κ2) is 15.3. The molecule has 61 heavy (non-hydrogen) atoms. The van der Waals surface area contributed by atoms with Gasteiger partial charge in [-0.05, 0) is 78.9 Å². The summed E-state index contributed by atoms with van der Waals surface area (Å²) in [7, 11) is 1.36. The number of amides is 4. The van der Waals surface area contributed by atoms with E-state index < -0.39 is 81.2 Å². The first-order chi connectivity index (χ1) is 29.1. The average molecular weight is 942 g/mol. The van der Waals surface area contributed by atoms with E-state index in [0.29, 0.717) is 69.9 Å². The molecule has 18 heteroatoms. The smallest absolute Gasteiger partial charge is 0.417 e. The first-order valence-electron chi connectivity index (χ1n) is 19.4. The van der Waals surface area contributed by atoms with Crippen molar-refractivity contribution in [3.05, 3.63) is 116 Å². The van der Waals surface area contributed by atoms with Gasteiger partial charge in [-0.2, -0.15) is 18.2 Å².